The van der Waals surface area contributed by atoms with Crippen molar-refractivity contribution >= 4 is 30.7 Å². The lowest BCUT2D eigenvalue weighted by atomic mass is 10.0. The minimum atomic E-state index is 0. The molecule has 7 heteroatoms. The van der Waals surface area contributed by atoms with Gasteiger partial charge in [0.2, 0.25) is 5.91 Å². The Hall–Kier alpha value is -0.850. The van der Waals surface area contributed by atoms with E-state index in [-0.39, 0.29) is 36.8 Å². The van der Waals surface area contributed by atoms with Crippen LogP contribution in [0, 0.1) is 0 Å². The molecule has 2 saturated heterocycles. The van der Waals surface area contributed by atoms with Crippen LogP contribution in [-0.2, 0) is 16.1 Å². The van der Waals surface area contributed by atoms with Gasteiger partial charge in [0.05, 0.1) is 19.1 Å². The zero-order chi connectivity index (χ0) is 18.2. The summed E-state index contributed by atoms with van der Waals surface area (Å²) < 4.78 is 5.93. The Bertz CT molecular complexity index is 556. The van der Waals surface area contributed by atoms with E-state index in [1.54, 1.807) is 0 Å². The highest BCUT2D eigenvalue weighted by Gasteiger charge is 2.29. The van der Waals surface area contributed by atoms with Crippen LogP contribution in [0.1, 0.15) is 38.2 Å². The van der Waals surface area contributed by atoms with Gasteiger partial charge in [0.15, 0.2) is 0 Å². The average molecular weight is 432 g/mol. The lowest BCUT2D eigenvalue weighted by molar-refractivity contribution is -0.139. The Morgan fingerprint density at radius 2 is 1.93 bits per heavy atom. The van der Waals surface area contributed by atoms with E-state index < -0.39 is 0 Å². The standard InChI is InChI=1S/C21H33N3O2.2ClH/c1-2-12-24(19-8-10-22-11-9-19)21(25)15-20-17-23(13-14-26-20)16-18-6-4-3-5-7-18;;/h3-7,19-20,22H,2,8-17H2,1H3;2*1H. The lowest BCUT2D eigenvalue weighted by Gasteiger charge is -2.37. The number of carbonyl (C=O) groups excluding carboxylic acids is 1. The molecule has 0 aromatic heterocycles. The second kappa shape index (κ2) is 13.4. The van der Waals surface area contributed by atoms with Crippen LogP contribution in [0.25, 0.3) is 0 Å². The molecule has 0 radical (unpaired) electrons. The number of morpholine rings is 1. The van der Waals surface area contributed by atoms with Gasteiger partial charge >= 0.3 is 0 Å². The van der Waals surface area contributed by atoms with Crippen LogP contribution >= 0.6 is 24.8 Å². The summed E-state index contributed by atoms with van der Waals surface area (Å²) >= 11 is 0. The first-order valence-corrected chi connectivity index (χ1v) is 10.1. The van der Waals surface area contributed by atoms with Crippen molar-refractivity contribution in [3.8, 4) is 0 Å². The Balaban J connectivity index is 0.00000196. The fraction of sp³-hybridized carbons (Fsp3) is 0.667. The largest absolute Gasteiger partial charge is 0.375 e. The van der Waals surface area contributed by atoms with Crippen molar-refractivity contribution in [2.45, 2.75) is 51.3 Å². The lowest BCUT2D eigenvalue weighted by Crippen LogP contribution is -2.49. The molecule has 1 aromatic rings. The highest BCUT2D eigenvalue weighted by atomic mass is 35.5. The van der Waals surface area contributed by atoms with Gasteiger partial charge in [-0.15, -0.1) is 24.8 Å². The molecule has 0 aliphatic carbocycles. The van der Waals surface area contributed by atoms with E-state index in [4.69, 9.17) is 4.74 Å². The second-order valence-corrected chi connectivity index (χ2v) is 7.49. The molecule has 1 atom stereocenters. The average Bonchev–Trinajstić information content (AvgIpc) is 2.68. The maximum atomic E-state index is 13.0. The number of hydrogen-bond acceptors (Lipinski definition) is 4. The first-order chi connectivity index (χ1) is 12.8. The highest BCUT2D eigenvalue weighted by Crippen LogP contribution is 2.18. The quantitative estimate of drug-likeness (QED) is 0.719. The second-order valence-electron chi connectivity index (χ2n) is 7.49. The predicted molar refractivity (Wildman–Crippen MR) is 118 cm³/mol. The zero-order valence-corrected chi connectivity index (χ0v) is 18.5. The van der Waals surface area contributed by atoms with Gasteiger partial charge in [-0.3, -0.25) is 9.69 Å². The third-order valence-corrected chi connectivity index (χ3v) is 5.41. The molecule has 0 bridgehead atoms. The predicted octanol–water partition coefficient (Wildman–Crippen LogP) is 3.11. The maximum Gasteiger partial charge on any atom is 0.225 e. The molecule has 2 aliphatic heterocycles. The molecule has 3 rings (SSSR count). The van der Waals surface area contributed by atoms with Crippen molar-refractivity contribution in [3.05, 3.63) is 35.9 Å². The van der Waals surface area contributed by atoms with Crippen LogP contribution in [-0.4, -0.2) is 67.2 Å². The van der Waals surface area contributed by atoms with E-state index >= 15 is 0 Å². The molecule has 2 fully saturated rings. The summed E-state index contributed by atoms with van der Waals surface area (Å²) in [5.41, 5.74) is 1.32. The normalized spacial score (nSPS) is 20.7. The van der Waals surface area contributed by atoms with Crippen molar-refractivity contribution < 1.29 is 9.53 Å². The number of piperidine rings is 1. The highest BCUT2D eigenvalue weighted by molar-refractivity contribution is 5.85. The van der Waals surface area contributed by atoms with Crippen LogP contribution in [0.4, 0.5) is 0 Å². The number of halogens is 2. The maximum absolute atomic E-state index is 13.0. The summed E-state index contributed by atoms with van der Waals surface area (Å²) in [4.78, 5) is 17.5. The van der Waals surface area contributed by atoms with Gasteiger partial charge in [-0.1, -0.05) is 37.3 Å². The van der Waals surface area contributed by atoms with E-state index in [1.807, 2.05) is 6.07 Å². The van der Waals surface area contributed by atoms with Crippen LogP contribution in [0.5, 0.6) is 0 Å². The SMILES string of the molecule is CCCN(C(=O)CC1CN(Cc2ccccc2)CCO1)C1CCNCC1.Cl.Cl. The van der Waals surface area contributed by atoms with Crippen molar-refractivity contribution in [1.29, 1.82) is 0 Å². The van der Waals surface area contributed by atoms with E-state index in [1.165, 1.54) is 5.56 Å². The van der Waals surface area contributed by atoms with E-state index in [9.17, 15) is 4.79 Å². The van der Waals surface area contributed by atoms with Gasteiger partial charge in [0.25, 0.3) is 0 Å². The van der Waals surface area contributed by atoms with Gasteiger partial charge in [-0.2, -0.15) is 0 Å². The summed E-state index contributed by atoms with van der Waals surface area (Å²) in [5.74, 6) is 0.269. The third-order valence-electron chi connectivity index (χ3n) is 5.41. The molecule has 2 heterocycles. The van der Waals surface area contributed by atoms with E-state index in [0.717, 1.165) is 58.5 Å². The van der Waals surface area contributed by atoms with Crippen molar-refractivity contribution in [3.63, 3.8) is 0 Å². The van der Waals surface area contributed by atoms with Gasteiger partial charge in [-0.05, 0) is 37.9 Å². The van der Waals surface area contributed by atoms with Crippen molar-refractivity contribution in [1.82, 2.24) is 15.1 Å². The smallest absolute Gasteiger partial charge is 0.225 e. The monoisotopic (exact) mass is 431 g/mol. The Kier molecular flexibility index (Phi) is 12.0. The number of amides is 1. The molecule has 2 aliphatic rings. The van der Waals surface area contributed by atoms with Crippen molar-refractivity contribution in [2.75, 3.05) is 39.3 Å². The molecule has 1 aromatic carbocycles. The number of benzene rings is 1. The number of carbonyl (C=O) groups is 1. The zero-order valence-electron chi connectivity index (χ0n) is 16.8. The molecular weight excluding hydrogens is 397 g/mol. The molecule has 160 valence electrons. The minimum Gasteiger partial charge on any atom is -0.375 e. The fourth-order valence-electron chi connectivity index (χ4n) is 4.07. The topological polar surface area (TPSA) is 44.8 Å². The van der Waals surface area contributed by atoms with Gasteiger partial charge in [0.1, 0.15) is 0 Å². The Morgan fingerprint density at radius 1 is 1.21 bits per heavy atom. The molecule has 1 unspecified atom stereocenters. The minimum absolute atomic E-state index is 0. The number of nitrogens with one attached hydrogen (secondary N) is 1. The van der Waals surface area contributed by atoms with Gasteiger partial charge < -0.3 is 15.0 Å². The molecule has 0 saturated carbocycles. The van der Waals surface area contributed by atoms with Crippen LogP contribution in [0.3, 0.4) is 0 Å². The van der Waals surface area contributed by atoms with Crippen molar-refractivity contribution in [2.24, 2.45) is 0 Å². The molecule has 28 heavy (non-hydrogen) atoms. The summed E-state index contributed by atoms with van der Waals surface area (Å²) in [7, 11) is 0. The number of ether oxygens (including phenoxy) is 1. The summed E-state index contributed by atoms with van der Waals surface area (Å²) in [6.45, 7) is 8.48. The molecular formula is C21H35Cl2N3O2. The third kappa shape index (κ3) is 7.53. The molecule has 1 N–H and O–H groups in total. The number of hydrogen-bond donors (Lipinski definition) is 1. The molecule has 1 amide bonds. The summed E-state index contributed by atoms with van der Waals surface area (Å²) in [6.07, 6.45) is 3.67. The van der Waals surface area contributed by atoms with E-state index in [2.05, 4.69) is 46.3 Å². The summed E-state index contributed by atoms with van der Waals surface area (Å²) in [6, 6.07) is 10.9. The first-order valence-electron chi connectivity index (χ1n) is 10.1. The fourth-order valence-corrected chi connectivity index (χ4v) is 4.07. The summed E-state index contributed by atoms with van der Waals surface area (Å²) in [5, 5.41) is 3.39. The number of rotatable bonds is 7. The van der Waals surface area contributed by atoms with Gasteiger partial charge in [-0.25, -0.2) is 0 Å². The van der Waals surface area contributed by atoms with Crippen LogP contribution in [0.2, 0.25) is 0 Å². The van der Waals surface area contributed by atoms with E-state index in [0.29, 0.717) is 19.1 Å². The van der Waals surface area contributed by atoms with Crippen LogP contribution < -0.4 is 5.32 Å². The number of nitrogens with zero attached hydrogens (tertiary/aromatic N) is 2. The Morgan fingerprint density at radius 3 is 2.61 bits per heavy atom. The molecule has 0 spiro atoms. The Labute approximate surface area is 182 Å². The first kappa shape index (κ1) is 25.2. The van der Waals surface area contributed by atoms with Crippen LogP contribution in [0.15, 0.2) is 30.3 Å². The van der Waals surface area contributed by atoms with Gasteiger partial charge in [0, 0.05) is 32.2 Å². The molecule has 5 nitrogen and oxygen atoms in total.